The summed E-state index contributed by atoms with van der Waals surface area (Å²) in [4.78, 5) is 30.8. The zero-order valence-electron chi connectivity index (χ0n) is 16.0. The molecule has 4 aromatic heterocycles. The van der Waals surface area contributed by atoms with Gasteiger partial charge >= 0.3 is 0 Å². The number of pyridine rings is 2. The summed E-state index contributed by atoms with van der Waals surface area (Å²) in [5.74, 6) is 1.53. The summed E-state index contributed by atoms with van der Waals surface area (Å²) in [5, 5.41) is 0. The van der Waals surface area contributed by atoms with Gasteiger partial charge in [-0.1, -0.05) is 0 Å². The summed E-state index contributed by atoms with van der Waals surface area (Å²) in [7, 11) is 0. The number of rotatable bonds is 3. The highest BCUT2D eigenvalue weighted by Gasteiger charge is 2.35. The second-order valence-electron chi connectivity index (χ2n) is 8.23. The number of fused-ring (bicyclic) bond motifs is 5. The fourth-order valence-corrected chi connectivity index (χ4v) is 5.14. The first-order chi connectivity index (χ1) is 14.3. The smallest absolute Gasteiger partial charge is 0.261 e. The van der Waals surface area contributed by atoms with E-state index in [2.05, 4.69) is 43.2 Å². The summed E-state index contributed by atoms with van der Waals surface area (Å²) in [6.07, 6.45) is 8.53. The first-order valence-corrected chi connectivity index (χ1v) is 10.1. The Balaban J connectivity index is 1.30. The second kappa shape index (κ2) is 6.42. The lowest BCUT2D eigenvalue weighted by molar-refractivity contribution is 0.115. The van der Waals surface area contributed by atoms with Crippen molar-refractivity contribution in [1.29, 1.82) is 0 Å². The maximum Gasteiger partial charge on any atom is 0.261 e. The Morgan fingerprint density at radius 2 is 2.03 bits per heavy atom. The van der Waals surface area contributed by atoms with Crippen molar-refractivity contribution in [2.75, 3.05) is 13.1 Å². The van der Waals surface area contributed by atoms with E-state index in [0.717, 1.165) is 49.3 Å². The minimum atomic E-state index is 0.0708. The van der Waals surface area contributed by atoms with Gasteiger partial charge in [0.1, 0.15) is 5.82 Å². The Hall–Kier alpha value is -3.19. The number of aromatic nitrogens is 5. The molecule has 2 atom stereocenters. The van der Waals surface area contributed by atoms with Crippen LogP contribution in [0, 0.1) is 5.92 Å². The Morgan fingerprint density at radius 3 is 2.93 bits per heavy atom. The van der Waals surface area contributed by atoms with Crippen molar-refractivity contribution in [3.8, 4) is 11.4 Å². The first kappa shape index (κ1) is 16.7. The summed E-state index contributed by atoms with van der Waals surface area (Å²) >= 11 is 0. The van der Waals surface area contributed by atoms with Gasteiger partial charge in [0.05, 0.1) is 16.6 Å². The van der Waals surface area contributed by atoms with E-state index in [1.54, 1.807) is 12.4 Å². The molecule has 2 aliphatic heterocycles. The van der Waals surface area contributed by atoms with Gasteiger partial charge in [-0.2, -0.15) is 0 Å². The summed E-state index contributed by atoms with van der Waals surface area (Å²) in [6.45, 7) is 3.64. The lowest BCUT2D eigenvalue weighted by Gasteiger charge is -2.42. The van der Waals surface area contributed by atoms with Crippen LogP contribution in [0.2, 0.25) is 0 Å². The first-order valence-electron chi connectivity index (χ1n) is 10.1. The number of hydrogen-bond donors (Lipinski definition) is 2. The number of imidazole rings is 1. The molecule has 0 saturated carbocycles. The molecule has 1 saturated heterocycles. The maximum atomic E-state index is 13.1. The third kappa shape index (κ3) is 2.73. The number of piperidine rings is 1. The average molecular weight is 386 g/mol. The molecule has 0 aliphatic carbocycles. The topological polar surface area (TPSA) is 82.6 Å². The molecular formula is C22H22N6O. The van der Waals surface area contributed by atoms with Gasteiger partial charge in [0, 0.05) is 68.1 Å². The van der Waals surface area contributed by atoms with Crippen LogP contribution >= 0.6 is 0 Å². The van der Waals surface area contributed by atoms with Crippen LogP contribution in [-0.4, -0.2) is 42.5 Å². The van der Waals surface area contributed by atoms with Gasteiger partial charge in [0.15, 0.2) is 0 Å². The molecule has 146 valence electrons. The highest BCUT2D eigenvalue weighted by atomic mass is 16.1. The maximum absolute atomic E-state index is 13.1. The third-order valence-corrected chi connectivity index (χ3v) is 6.34. The molecular weight excluding hydrogens is 364 g/mol. The molecule has 1 fully saturated rings. The summed E-state index contributed by atoms with van der Waals surface area (Å²) in [5.41, 5.74) is 5.27. The van der Waals surface area contributed by atoms with Gasteiger partial charge in [0.25, 0.3) is 5.56 Å². The van der Waals surface area contributed by atoms with Crippen LogP contribution in [0.5, 0.6) is 0 Å². The Labute approximate surface area is 167 Å². The van der Waals surface area contributed by atoms with E-state index in [0.29, 0.717) is 23.2 Å². The number of H-pyrrole nitrogens is 2. The van der Waals surface area contributed by atoms with Gasteiger partial charge < -0.3 is 14.5 Å². The standard InChI is InChI=1S/C22H22N6O/c29-22-17(21-24-6-7-25-21)3-4-19-15-8-14(11-28(19)22)10-27(12-15)13-16-9-26-18-2-1-5-23-20(16)18/h1-7,9,14-15,26H,8,10-13H2,(H,24,25)/t14-,15+/m0/s1. The molecule has 4 aromatic rings. The van der Waals surface area contributed by atoms with Crippen molar-refractivity contribution in [3.05, 3.63) is 70.7 Å². The molecule has 0 spiro atoms. The number of aromatic amines is 2. The monoisotopic (exact) mass is 386 g/mol. The van der Waals surface area contributed by atoms with E-state index >= 15 is 0 Å². The van der Waals surface area contributed by atoms with Crippen molar-refractivity contribution in [3.63, 3.8) is 0 Å². The summed E-state index contributed by atoms with van der Waals surface area (Å²) in [6, 6.07) is 8.07. The number of hydrogen-bond acceptors (Lipinski definition) is 4. The van der Waals surface area contributed by atoms with Crippen molar-refractivity contribution in [1.82, 2.24) is 29.4 Å². The average Bonchev–Trinajstić information content (AvgIpc) is 3.40. The van der Waals surface area contributed by atoms with Gasteiger partial charge in [0.2, 0.25) is 0 Å². The van der Waals surface area contributed by atoms with E-state index < -0.39 is 0 Å². The molecule has 6 rings (SSSR count). The largest absolute Gasteiger partial charge is 0.360 e. The normalized spacial score (nSPS) is 21.4. The molecule has 0 unspecified atom stereocenters. The Kier molecular flexibility index (Phi) is 3.70. The van der Waals surface area contributed by atoms with Crippen LogP contribution in [0.25, 0.3) is 22.4 Å². The van der Waals surface area contributed by atoms with Crippen molar-refractivity contribution in [2.45, 2.75) is 25.4 Å². The lowest BCUT2D eigenvalue weighted by atomic mass is 9.83. The van der Waals surface area contributed by atoms with E-state index in [1.165, 1.54) is 5.56 Å². The Bertz CT molecular complexity index is 1240. The molecule has 29 heavy (non-hydrogen) atoms. The lowest BCUT2D eigenvalue weighted by Crippen LogP contribution is -2.46. The zero-order chi connectivity index (χ0) is 19.4. The highest BCUT2D eigenvalue weighted by molar-refractivity contribution is 5.78. The van der Waals surface area contributed by atoms with E-state index in [9.17, 15) is 4.79 Å². The molecule has 7 heteroatoms. The van der Waals surface area contributed by atoms with Gasteiger partial charge in [-0.05, 0) is 36.6 Å². The van der Waals surface area contributed by atoms with Gasteiger partial charge in [-0.3, -0.25) is 14.7 Å². The van der Waals surface area contributed by atoms with Gasteiger partial charge in [-0.25, -0.2) is 4.98 Å². The van der Waals surface area contributed by atoms with Crippen molar-refractivity contribution in [2.24, 2.45) is 5.92 Å². The van der Waals surface area contributed by atoms with Crippen LogP contribution in [-0.2, 0) is 13.1 Å². The molecule has 2 aliphatic rings. The zero-order valence-corrected chi connectivity index (χ0v) is 16.0. The molecule has 6 heterocycles. The van der Waals surface area contributed by atoms with Crippen LogP contribution in [0.15, 0.2) is 53.8 Å². The van der Waals surface area contributed by atoms with E-state index in [1.807, 2.05) is 22.9 Å². The molecule has 0 aromatic carbocycles. The predicted molar refractivity (Wildman–Crippen MR) is 111 cm³/mol. The molecule has 0 amide bonds. The molecule has 0 radical (unpaired) electrons. The van der Waals surface area contributed by atoms with Crippen LogP contribution in [0.3, 0.4) is 0 Å². The second-order valence-corrected chi connectivity index (χ2v) is 8.23. The number of nitrogens with one attached hydrogen (secondary N) is 2. The number of likely N-dealkylation sites (tertiary alicyclic amines) is 1. The van der Waals surface area contributed by atoms with Crippen LogP contribution < -0.4 is 5.56 Å². The van der Waals surface area contributed by atoms with Gasteiger partial charge in [-0.15, -0.1) is 0 Å². The van der Waals surface area contributed by atoms with E-state index in [-0.39, 0.29) is 5.56 Å². The summed E-state index contributed by atoms with van der Waals surface area (Å²) < 4.78 is 1.99. The fourth-order valence-electron chi connectivity index (χ4n) is 5.14. The molecule has 2 bridgehead atoms. The van der Waals surface area contributed by atoms with E-state index in [4.69, 9.17) is 0 Å². The Morgan fingerprint density at radius 1 is 1.07 bits per heavy atom. The molecule has 7 nitrogen and oxygen atoms in total. The number of nitrogens with zero attached hydrogens (tertiary/aromatic N) is 4. The third-order valence-electron chi connectivity index (χ3n) is 6.34. The fraction of sp³-hybridized carbons (Fsp3) is 0.318. The quantitative estimate of drug-likeness (QED) is 0.567. The van der Waals surface area contributed by atoms with Crippen molar-refractivity contribution >= 4 is 11.0 Å². The van der Waals surface area contributed by atoms with Crippen molar-refractivity contribution < 1.29 is 0 Å². The SMILES string of the molecule is O=c1c(-c2ncc[nH]2)ccc2n1C[C@H]1C[C@@H]2CN(Cc2c[nH]c3cccnc23)C1. The minimum Gasteiger partial charge on any atom is -0.360 e. The minimum absolute atomic E-state index is 0.0708. The highest BCUT2D eigenvalue weighted by Crippen LogP contribution is 2.36. The van der Waals surface area contributed by atoms with Crippen LogP contribution in [0.4, 0.5) is 0 Å². The molecule has 2 N–H and O–H groups in total. The van der Waals surface area contributed by atoms with Crippen LogP contribution in [0.1, 0.15) is 23.6 Å². The predicted octanol–water partition coefficient (Wildman–Crippen LogP) is 2.73.